The summed E-state index contributed by atoms with van der Waals surface area (Å²) in [5, 5.41) is 4.24. The molecule has 1 fully saturated rings. The number of benzene rings is 1. The van der Waals surface area contributed by atoms with Gasteiger partial charge in [0, 0.05) is 25.0 Å². The number of carbonyl (C=O) groups is 1. The summed E-state index contributed by atoms with van der Waals surface area (Å²) < 4.78 is 6.59. The largest absolute Gasteiger partial charge is 0.381 e. The summed E-state index contributed by atoms with van der Waals surface area (Å²) >= 11 is 1.72. The lowest BCUT2D eigenvalue weighted by Crippen LogP contribution is -2.37. The first-order chi connectivity index (χ1) is 11.8. The van der Waals surface area contributed by atoms with E-state index in [2.05, 4.69) is 23.5 Å². The van der Waals surface area contributed by atoms with Gasteiger partial charge >= 0.3 is 0 Å². The molecule has 126 valence electrons. The number of hydrogen-bond donors (Lipinski definition) is 1. The van der Waals surface area contributed by atoms with Crippen LogP contribution in [0.15, 0.2) is 36.4 Å². The average Bonchev–Trinajstić information content (AvgIpc) is 3.29. The molecule has 0 spiro atoms. The lowest BCUT2D eigenvalue weighted by Gasteiger charge is -2.26. The molecule has 1 saturated heterocycles. The van der Waals surface area contributed by atoms with E-state index in [-0.39, 0.29) is 17.7 Å². The average molecular weight is 342 g/mol. The van der Waals surface area contributed by atoms with Crippen molar-refractivity contribution in [3.05, 3.63) is 41.4 Å². The molecular weight excluding hydrogens is 320 g/mol. The van der Waals surface area contributed by atoms with Crippen molar-refractivity contribution in [2.75, 3.05) is 19.8 Å². The van der Waals surface area contributed by atoms with Gasteiger partial charge in [-0.1, -0.05) is 24.3 Å². The molecule has 1 aromatic heterocycles. The highest BCUT2D eigenvalue weighted by Crippen LogP contribution is 2.38. The van der Waals surface area contributed by atoms with Crippen LogP contribution in [0.3, 0.4) is 0 Å². The van der Waals surface area contributed by atoms with Crippen molar-refractivity contribution < 1.29 is 9.53 Å². The lowest BCUT2D eigenvalue weighted by atomic mass is 9.82. The topological polar surface area (TPSA) is 51.2 Å². The Balaban J connectivity index is 1.49. The Hall–Kier alpha value is -1.72. The number of allylic oxidation sites excluding steroid dienone is 2. The summed E-state index contributed by atoms with van der Waals surface area (Å²) in [6.07, 6.45) is 7.06. The highest BCUT2D eigenvalue weighted by molar-refractivity contribution is 7.18. The van der Waals surface area contributed by atoms with Crippen molar-refractivity contribution in [1.29, 1.82) is 0 Å². The number of para-hydroxylation sites is 1. The van der Waals surface area contributed by atoms with Crippen molar-refractivity contribution in [3.8, 4) is 0 Å². The van der Waals surface area contributed by atoms with Crippen molar-refractivity contribution in [3.63, 3.8) is 0 Å². The maximum Gasteiger partial charge on any atom is 0.224 e. The van der Waals surface area contributed by atoms with Crippen LogP contribution in [0.1, 0.15) is 30.2 Å². The maximum absolute atomic E-state index is 12.7. The van der Waals surface area contributed by atoms with E-state index >= 15 is 0 Å². The number of amides is 1. The van der Waals surface area contributed by atoms with Crippen LogP contribution in [0.2, 0.25) is 0 Å². The van der Waals surface area contributed by atoms with Gasteiger partial charge in [-0.25, -0.2) is 4.98 Å². The predicted octanol–water partition coefficient (Wildman–Crippen LogP) is 3.50. The molecular formula is C19H22N2O2S. The first-order valence-electron chi connectivity index (χ1n) is 8.67. The fourth-order valence-electron chi connectivity index (χ4n) is 3.55. The third-order valence-electron chi connectivity index (χ3n) is 4.99. The third-order valence-corrected chi connectivity index (χ3v) is 6.15. The summed E-state index contributed by atoms with van der Waals surface area (Å²) in [5.41, 5.74) is 1.04. The van der Waals surface area contributed by atoms with E-state index in [4.69, 9.17) is 9.72 Å². The SMILES string of the molecule is O=C(NC[C@@H]1CCOC1)[C@H]1CC=CC[C@H]1c1nc2ccccc2s1. The first-order valence-corrected chi connectivity index (χ1v) is 9.49. The van der Waals surface area contributed by atoms with Gasteiger partial charge in [-0.15, -0.1) is 11.3 Å². The second-order valence-corrected chi connectivity index (χ2v) is 7.71. The van der Waals surface area contributed by atoms with Gasteiger partial charge in [-0.2, -0.15) is 0 Å². The molecule has 0 bridgehead atoms. The highest BCUT2D eigenvalue weighted by Gasteiger charge is 2.32. The molecule has 2 aromatic rings. The molecule has 1 amide bonds. The smallest absolute Gasteiger partial charge is 0.224 e. The molecule has 24 heavy (non-hydrogen) atoms. The number of rotatable bonds is 4. The van der Waals surface area contributed by atoms with E-state index in [1.807, 2.05) is 18.2 Å². The zero-order chi connectivity index (χ0) is 16.4. The van der Waals surface area contributed by atoms with Gasteiger partial charge in [0.1, 0.15) is 0 Å². The normalized spacial score (nSPS) is 26.8. The van der Waals surface area contributed by atoms with Crippen LogP contribution in [-0.4, -0.2) is 30.6 Å². The molecule has 1 aliphatic heterocycles. The maximum atomic E-state index is 12.7. The van der Waals surface area contributed by atoms with Gasteiger partial charge in [-0.05, 0) is 31.4 Å². The summed E-state index contributed by atoms with van der Waals surface area (Å²) in [6.45, 7) is 2.32. The van der Waals surface area contributed by atoms with E-state index in [0.717, 1.165) is 49.5 Å². The van der Waals surface area contributed by atoms with Crippen LogP contribution >= 0.6 is 11.3 Å². The van der Waals surface area contributed by atoms with Crippen LogP contribution in [-0.2, 0) is 9.53 Å². The second kappa shape index (κ2) is 7.03. The van der Waals surface area contributed by atoms with Crippen LogP contribution < -0.4 is 5.32 Å². The third kappa shape index (κ3) is 3.23. The summed E-state index contributed by atoms with van der Waals surface area (Å²) in [7, 11) is 0. The van der Waals surface area contributed by atoms with Gasteiger partial charge in [0.2, 0.25) is 5.91 Å². The number of aromatic nitrogens is 1. The Morgan fingerprint density at radius 2 is 2.17 bits per heavy atom. The molecule has 2 aliphatic rings. The molecule has 1 N–H and O–H groups in total. The van der Waals surface area contributed by atoms with Crippen molar-refractivity contribution in [2.45, 2.75) is 25.2 Å². The van der Waals surface area contributed by atoms with Crippen LogP contribution in [0.5, 0.6) is 0 Å². The molecule has 3 atom stereocenters. The molecule has 0 radical (unpaired) electrons. The summed E-state index contributed by atoms with van der Waals surface area (Å²) in [6, 6.07) is 8.20. The summed E-state index contributed by atoms with van der Waals surface area (Å²) in [5.74, 6) is 0.801. The lowest BCUT2D eigenvalue weighted by molar-refractivity contribution is -0.125. The van der Waals surface area contributed by atoms with Gasteiger partial charge in [0.15, 0.2) is 0 Å². The Labute approximate surface area is 145 Å². The van der Waals surface area contributed by atoms with E-state index in [0.29, 0.717) is 5.92 Å². The minimum Gasteiger partial charge on any atom is -0.381 e. The second-order valence-electron chi connectivity index (χ2n) is 6.65. The number of carbonyl (C=O) groups excluding carboxylic acids is 1. The minimum atomic E-state index is -0.0158. The van der Waals surface area contributed by atoms with Gasteiger partial charge < -0.3 is 10.1 Å². The molecule has 0 unspecified atom stereocenters. The number of fused-ring (bicyclic) bond motifs is 1. The van der Waals surface area contributed by atoms with Gasteiger partial charge in [0.25, 0.3) is 0 Å². The molecule has 1 aliphatic carbocycles. The fourth-order valence-corrected chi connectivity index (χ4v) is 4.69. The number of nitrogens with one attached hydrogen (secondary N) is 1. The zero-order valence-electron chi connectivity index (χ0n) is 13.6. The molecule has 4 nitrogen and oxygen atoms in total. The van der Waals surface area contributed by atoms with Crippen molar-refractivity contribution in [2.24, 2.45) is 11.8 Å². The fraction of sp³-hybridized carbons (Fsp3) is 0.474. The van der Waals surface area contributed by atoms with E-state index in [9.17, 15) is 4.79 Å². The molecule has 5 heteroatoms. The number of thiazole rings is 1. The molecule has 4 rings (SSSR count). The molecule has 0 saturated carbocycles. The standard InChI is InChI=1S/C19H22N2O2S/c22-18(20-11-13-9-10-23-12-13)14-5-1-2-6-15(14)19-21-16-7-3-4-8-17(16)24-19/h1-4,7-8,13-15H,5-6,9-12H2,(H,20,22)/t13-,14-,15+/m0/s1. The van der Waals surface area contributed by atoms with Crippen LogP contribution in [0.25, 0.3) is 10.2 Å². The van der Waals surface area contributed by atoms with Crippen molar-refractivity contribution >= 4 is 27.5 Å². The molecule has 2 heterocycles. The Morgan fingerprint density at radius 1 is 1.29 bits per heavy atom. The predicted molar refractivity (Wildman–Crippen MR) is 96.2 cm³/mol. The Morgan fingerprint density at radius 3 is 3.00 bits per heavy atom. The Bertz CT molecular complexity index is 716. The minimum absolute atomic E-state index is 0.0158. The monoisotopic (exact) mass is 342 g/mol. The Kier molecular flexibility index (Phi) is 4.63. The van der Waals surface area contributed by atoms with Gasteiger partial charge in [-0.3, -0.25) is 4.79 Å². The quantitative estimate of drug-likeness (QED) is 0.865. The van der Waals surface area contributed by atoms with Crippen LogP contribution in [0, 0.1) is 11.8 Å². The van der Waals surface area contributed by atoms with Crippen LogP contribution in [0.4, 0.5) is 0 Å². The number of ether oxygens (including phenoxy) is 1. The van der Waals surface area contributed by atoms with Gasteiger partial charge in [0.05, 0.1) is 27.7 Å². The van der Waals surface area contributed by atoms with E-state index in [1.165, 1.54) is 4.70 Å². The zero-order valence-corrected chi connectivity index (χ0v) is 14.4. The first kappa shape index (κ1) is 15.8. The van der Waals surface area contributed by atoms with E-state index in [1.54, 1.807) is 11.3 Å². The van der Waals surface area contributed by atoms with E-state index < -0.39 is 0 Å². The number of nitrogens with zero attached hydrogens (tertiary/aromatic N) is 1. The molecule has 1 aromatic carbocycles. The van der Waals surface area contributed by atoms with Crippen molar-refractivity contribution in [1.82, 2.24) is 10.3 Å². The summed E-state index contributed by atoms with van der Waals surface area (Å²) in [4.78, 5) is 17.5. The highest BCUT2D eigenvalue weighted by atomic mass is 32.1. The number of hydrogen-bond acceptors (Lipinski definition) is 4.